The van der Waals surface area contributed by atoms with Crippen LogP contribution in [-0.2, 0) is 13.5 Å². The minimum Gasteiger partial charge on any atom is -0.352 e. The summed E-state index contributed by atoms with van der Waals surface area (Å²) >= 11 is 1.67. The van der Waals surface area contributed by atoms with Crippen LogP contribution in [-0.4, -0.2) is 28.5 Å². The highest BCUT2D eigenvalue weighted by molar-refractivity contribution is 7.98. The van der Waals surface area contributed by atoms with Crippen LogP contribution in [0.3, 0.4) is 0 Å². The maximum Gasteiger partial charge on any atom is 0.251 e. The number of aryl methyl sites for hydroxylation is 1. The topological polar surface area (TPSA) is 46.9 Å². The standard InChI is InChI=1S/C14H17N3OS/c1-17-10-11(9-16-17)7-8-15-14(18)12-3-5-13(19-2)6-4-12/h3-6,9-10H,7-8H2,1-2H3,(H,15,18). The number of thioether (sulfide) groups is 1. The van der Waals surface area contributed by atoms with Gasteiger partial charge in [0.1, 0.15) is 0 Å². The van der Waals surface area contributed by atoms with Crippen LogP contribution < -0.4 is 5.32 Å². The van der Waals surface area contributed by atoms with E-state index in [1.807, 2.05) is 50.0 Å². The van der Waals surface area contributed by atoms with Crippen molar-refractivity contribution >= 4 is 17.7 Å². The molecule has 100 valence electrons. The molecule has 1 amide bonds. The molecule has 1 N–H and O–H groups in total. The van der Waals surface area contributed by atoms with E-state index in [1.54, 1.807) is 16.4 Å². The molecule has 0 bridgehead atoms. The molecule has 0 aliphatic heterocycles. The monoisotopic (exact) mass is 275 g/mol. The number of hydrogen-bond acceptors (Lipinski definition) is 3. The van der Waals surface area contributed by atoms with Gasteiger partial charge in [0, 0.05) is 30.2 Å². The van der Waals surface area contributed by atoms with Crippen molar-refractivity contribution in [3.8, 4) is 0 Å². The van der Waals surface area contributed by atoms with Gasteiger partial charge in [-0.25, -0.2) is 0 Å². The predicted octanol–water partition coefficient (Wildman–Crippen LogP) is 2.11. The molecule has 0 aliphatic carbocycles. The van der Waals surface area contributed by atoms with E-state index in [4.69, 9.17) is 0 Å². The number of carbonyl (C=O) groups excluding carboxylic acids is 1. The molecule has 0 fully saturated rings. The van der Waals surface area contributed by atoms with Gasteiger partial charge < -0.3 is 5.32 Å². The average Bonchev–Trinajstić information content (AvgIpc) is 2.84. The summed E-state index contributed by atoms with van der Waals surface area (Å²) in [5.41, 5.74) is 1.82. The summed E-state index contributed by atoms with van der Waals surface area (Å²) in [4.78, 5) is 13.1. The first kappa shape index (κ1) is 13.7. The fourth-order valence-corrected chi connectivity index (χ4v) is 2.17. The van der Waals surface area contributed by atoms with Crippen LogP contribution in [0.4, 0.5) is 0 Å². The molecule has 0 spiro atoms. The highest BCUT2D eigenvalue weighted by atomic mass is 32.2. The van der Waals surface area contributed by atoms with E-state index in [0.29, 0.717) is 12.1 Å². The lowest BCUT2D eigenvalue weighted by molar-refractivity contribution is 0.0954. The van der Waals surface area contributed by atoms with E-state index in [-0.39, 0.29) is 5.91 Å². The van der Waals surface area contributed by atoms with E-state index in [1.165, 1.54) is 0 Å². The second-order valence-electron chi connectivity index (χ2n) is 4.26. The predicted molar refractivity (Wildman–Crippen MR) is 77.5 cm³/mol. The smallest absolute Gasteiger partial charge is 0.251 e. The van der Waals surface area contributed by atoms with E-state index in [9.17, 15) is 4.79 Å². The molecule has 0 radical (unpaired) electrons. The van der Waals surface area contributed by atoms with Gasteiger partial charge in [-0.05, 0) is 42.5 Å². The zero-order valence-corrected chi connectivity index (χ0v) is 11.9. The molecule has 1 heterocycles. The van der Waals surface area contributed by atoms with Gasteiger partial charge in [-0.1, -0.05) is 0 Å². The highest BCUT2D eigenvalue weighted by Gasteiger charge is 2.05. The number of nitrogens with one attached hydrogen (secondary N) is 1. The van der Waals surface area contributed by atoms with Gasteiger partial charge in [0.15, 0.2) is 0 Å². The third-order valence-corrected chi connectivity index (χ3v) is 3.55. The van der Waals surface area contributed by atoms with Gasteiger partial charge in [-0.3, -0.25) is 9.48 Å². The summed E-state index contributed by atoms with van der Waals surface area (Å²) in [6.45, 7) is 0.620. The Balaban J connectivity index is 1.83. The number of amides is 1. The van der Waals surface area contributed by atoms with Crippen molar-refractivity contribution in [2.45, 2.75) is 11.3 Å². The lowest BCUT2D eigenvalue weighted by Crippen LogP contribution is -2.25. The maximum absolute atomic E-state index is 11.9. The van der Waals surface area contributed by atoms with Crippen molar-refractivity contribution in [2.75, 3.05) is 12.8 Å². The van der Waals surface area contributed by atoms with Gasteiger partial charge in [0.05, 0.1) is 6.20 Å². The van der Waals surface area contributed by atoms with Crippen LogP contribution >= 0.6 is 11.8 Å². The lowest BCUT2D eigenvalue weighted by Gasteiger charge is -2.04. The van der Waals surface area contributed by atoms with Crippen LogP contribution in [0.1, 0.15) is 15.9 Å². The van der Waals surface area contributed by atoms with Crippen LogP contribution in [0.2, 0.25) is 0 Å². The molecule has 0 atom stereocenters. The van der Waals surface area contributed by atoms with Crippen LogP contribution in [0.5, 0.6) is 0 Å². The van der Waals surface area contributed by atoms with Gasteiger partial charge in [0.2, 0.25) is 0 Å². The maximum atomic E-state index is 11.9. The third kappa shape index (κ3) is 3.86. The number of carbonyl (C=O) groups is 1. The van der Waals surface area contributed by atoms with Crippen LogP contribution in [0.25, 0.3) is 0 Å². The molecule has 1 aromatic heterocycles. The zero-order chi connectivity index (χ0) is 13.7. The van der Waals surface area contributed by atoms with Crippen molar-refractivity contribution in [1.82, 2.24) is 15.1 Å². The summed E-state index contributed by atoms with van der Waals surface area (Å²) in [6, 6.07) is 7.62. The van der Waals surface area contributed by atoms with E-state index < -0.39 is 0 Å². The summed E-state index contributed by atoms with van der Waals surface area (Å²) in [5, 5.41) is 7.00. The number of hydrogen-bond donors (Lipinski definition) is 1. The first-order chi connectivity index (χ1) is 9.19. The number of benzene rings is 1. The molecule has 5 heteroatoms. The van der Waals surface area contributed by atoms with Crippen molar-refractivity contribution in [3.63, 3.8) is 0 Å². The molecule has 0 saturated heterocycles. The number of aromatic nitrogens is 2. The Morgan fingerprint density at radius 3 is 2.68 bits per heavy atom. The minimum atomic E-state index is -0.0310. The second kappa shape index (κ2) is 6.43. The van der Waals surface area contributed by atoms with Crippen LogP contribution in [0.15, 0.2) is 41.6 Å². The Labute approximate surface area is 117 Å². The Kier molecular flexibility index (Phi) is 4.63. The fourth-order valence-electron chi connectivity index (χ4n) is 1.77. The summed E-state index contributed by atoms with van der Waals surface area (Å²) in [5.74, 6) is -0.0310. The average molecular weight is 275 g/mol. The SMILES string of the molecule is CSc1ccc(C(=O)NCCc2cnn(C)c2)cc1. The fraction of sp³-hybridized carbons (Fsp3) is 0.286. The Morgan fingerprint density at radius 2 is 2.11 bits per heavy atom. The zero-order valence-electron chi connectivity index (χ0n) is 11.1. The van der Waals surface area contributed by atoms with Crippen molar-refractivity contribution in [1.29, 1.82) is 0 Å². The molecular formula is C14H17N3OS. The molecule has 1 aromatic carbocycles. The van der Waals surface area contributed by atoms with E-state index in [2.05, 4.69) is 10.4 Å². The third-order valence-electron chi connectivity index (χ3n) is 2.81. The summed E-state index contributed by atoms with van der Waals surface area (Å²) in [6.07, 6.45) is 6.59. The quantitative estimate of drug-likeness (QED) is 0.850. The van der Waals surface area contributed by atoms with Gasteiger partial charge >= 0.3 is 0 Å². The van der Waals surface area contributed by atoms with Gasteiger partial charge in [0.25, 0.3) is 5.91 Å². The van der Waals surface area contributed by atoms with Crippen molar-refractivity contribution in [3.05, 3.63) is 47.8 Å². The normalized spacial score (nSPS) is 10.4. The van der Waals surface area contributed by atoms with E-state index >= 15 is 0 Å². The molecule has 0 aliphatic rings. The Morgan fingerprint density at radius 1 is 1.37 bits per heavy atom. The van der Waals surface area contributed by atoms with Crippen LogP contribution in [0, 0.1) is 0 Å². The Bertz CT molecular complexity index is 548. The molecule has 0 unspecified atom stereocenters. The highest BCUT2D eigenvalue weighted by Crippen LogP contribution is 2.14. The molecule has 0 saturated carbocycles. The van der Waals surface area contributed by atoms with Gasteiger partial charge in [-0.2, -0.15) is 5.10 Å². The second-order valence-corrected chi connectivity index (χ2v) is 5.14. The molecule has 2 aromatic rings. The Hall–Kier alpha value is -1.75. The number of nitrogens with zero attached hydrogens (tertiary/aromatic N) is 2. The molecular weight excluding hydrogens is 258 g/mol. The van der Waals surface area contributed by atoms with Gasteiger partial charge in [-0.15, -0.1) is 11.8 Å². The van der Waals surface area contributed by atoms with Crippen molar-refractivity contribution < 1.29 is 4.79 Å². The summed E-state index contributed by atoms with van der Waals surface area (Å²) in [7, 11) is 1.88. The number of rotatable bonds is 5. The first-order valence-electron chi connectivity index (χ1n) is 6.09. The molecule has 19 heavy (non-hydrogen) atoms. The minimum absolute atomic E-state index is 0.0310. The molecule has 2 rings (SSSR count). The van der Waals surface area contributed by atoms with Crippen molar-refractivity contribution in [2.24, 2.45) is 7.05 Å². The first-order valence-corrected chi connectivity index (χ1v) is 7.31. The van der Waals surface area contributed by atoms with E-state index in [0.717, 1.165) is 16.9 Å². The molecule has 4 nitrogen and oxygen atoms in total. The lowest BCUT2D eigenvalue weighted by atomic mass is 10.2. The largest absolute Gasteiger partial charge is 0.352 e. The summed E-state index contributed by atoms with van der Waals surface area (Å²) < 4.78 is 1.76.